The number of carbonyl (C=O) groups is 1. The molecule has 0 saturated heterocycles. The summed E-state index contributed by atoms with van der Waals surface area (Å²) in [4.78, 5) is 9.50. The molecule has 2 heteroatoms. The molecule has 1 nitrogen and oxygen atoms in total. The van der Waals surface area contributed by atoms with Gasteiger partial charge in [-0.1, -0.05) is 13.8 Å². The van der Waals surface area contributed by atoms with Crippen molar-refractivity contribution in [2.24, 2.45) is 5.92 Å². The Morgan fingerprint density at radius 2 is 1.67 bits per heavy atom. The summed E-state index contributed by atoms with van der Waals surface area (Å²) in [5.41, 5.74) is 0. The monoisotopic (exact) mass is 200 g/mol. The van der Waals surface area contributed by atoms with Crippen LogP contribution in [0.2, 0.25) is 0 Å². The molecule has 0 bridgehead atoms. The van der Waals surface area contributed by atoms with Crippen LogP contribution in [-0.2, 0) is 4.79 Å². The van der Waals surface area contributed by atoms with Crippen LogP contribution in [0.3, 0.4) is 0 Å². The normalized spacial score (nSPS) is 7.17. The molecule has 0 N–H and O–H groups in total. The van der Waals surface area contributed by atoms with E-state index in [1.807, 2.05) is 13.8 Å². The van der Waals surface area contributed by atoms with Crippen LogP contribution in [0.1, 0.15) is 13.8 Å². The molecule has 0 rings (SSSR count). The highest BCUT2D eigenvalue weighted by atomic mass is 127. The summed E-state index contributed by atoms with van der Waals surface area (Å²) in [5, 5.41) is 0. The van der Waals surface area contributed by atoms with Gasteiger partial charge in [-0.05, 0) is 0 Å². The van der Waals surface area contributed by atoms with E-state index in [4.69, 9.17) is 0 Å². The third-order valence-electron chi connectivity index (χ3n) is 0.272. The molecule has 0 heterocycles. The second-order valence-corrected chi connectivity index (χ2v) is 1.38. The molecule has 0 unspecified atom stereocenters. The molecule has 0 amide bonds. The molecule has 0 atom stereocenters. The second-order valence-electron chi connectivity index (χ2n) is 1.38. The summed E-state index contributed by atoms with van der Waals surface area (Å²) in [6.45, 7) is 3.71. The molecule has 0 aromatic carbocycles. The minimum Gasteiger partial charge on any atom is -0.303 e. The molecule has 0 fully saturated rings. The Balaban J connectivity index is 0. The molecule has 0 aromatic rings. The lowest BCUT2D eigenvalue weighted by Crippen LogP contribution is -1.82. The maximum absolute atomic E-state index is 9.50. The fourth-order valence-corrected chi connectivity index (χ4v) is 0. The van der Waals surface area contributed by atoms with Crippen LogP contribution in [0.25, 0.3) is 0 Å². The van der Waals surface area contributed by atoms with E-state index in [-0.39, 0.29) is 29.9 Å². The Morgan fingerprint density at radius 3 is 1.67 bits per heavy atom. The van der Waals surface area contributed by atoms with Crippen molar-refractivity contribution in [2.45, 2.75) is 13.8 Å². The molecule has 6 heavy (non-hydrogen) atoms. The Hall–Kier alpha value is 0.400. The predicted molar refractivity (Wildman–Crippen MR) is 36.3 cm³/mol. The van der Waals surface area contributed by atoms with Crippen molar-refractivity contribution in [1.82, 2.24) is 0 Å². The third-order valence-corrected chi connectivity index (χ3v) is 0.272. The van der Waals surface area contributed by atoms with Gasteiger partial charge in [-0.2, -0.15) is 0 Å². The highest BCUT2D eigenvalue weighted by molar-refractivity contribution is 14.0. The molecule has 38 valence electrons. The highest BCUT2D eigenvalue weighted by Gasteiger charge is 1.79. The molecular weight excluding hydrogens is 191 g/mol. The number of halogens is 1. The summed E-state index contributed by atoms with van der Waals surface area (Å²) in [5.74, 6) is 0.204. The van der Waals surface area contributed by atoms with Gasteiger partial charge < -0.3 is 4.79 Å². The molecule has 0 aliphatic heterocycles. The SMILES string of the molecule is CC(C)C=O.I. The van der Waals surface area contributed by atoms with Gasteiger partial charge in [-0.25, -0.2) is 0 Å². The summed E-state index contributed by atoms with van der Waals surface area (Å²) < 4.78 is 0. The third kappa shape index (κ3) is 8.83. The lowest BCUT2D eigenvalue weighted by atomic mass is 10.3. The number of aldehydes is 1. The number of hydrogen-bond donors (Lipinski definition) is 0. The van der Waals surface area contributed by atoms with Crippen LogP contribution in [0.5, 0.6) is 0 Å². The van der Waals surface area contributed by atoms with E-state index in [9.17, 15) is 4.79 Å². The van der Waals surface area contributed by atoms with Crippen LogP contribution in [0, 0.1) is 5.92 Å². The average molecular weight is 200 g/mol. The van der Waals surface area contributed by atoms with Gasteiger partial charge in [0.15, 0.2) is 0 Å². The van der Waals surface area contributed by atoms with E-state index in [2.05, 4.69) is 0 Å². The zero-order chi connectivity index (χ0) is 4.28. The minimum atomic E-state index is 0. The van der Waals surface area contributed by atoms with E-state index in [0.29, 0.717) is 0 Å². The van der Waals surface area contributed by atoms with Crippen LogP contribution in [-0.4, -0.2) is 6.29 Å². The van der Waals surface area contributed by atoms with E-state index < -0.39 is 0 Å². The number of hydrogen-bond acceptors (Lipinski definition) is 1. The van der Waals surface area contributed by atoms with Gasteiger partial charge in [0.1, 0.15) is 6.29 Å². The maximum Gasteiger partial charge on any atom is 0.122 e. The summed E-state index contributed by atoms with van der Waals surface area (Å²) in [6.07, 6.45) is 0.917. The van der Waals surface area contributed by atoms with Gasteiger partial charge in [0.2, 0.25) is 0 Å². The zero-order valence-corrected chi connectivity index (χ0v) is 6.30. The Kier molecular flexibility index (Phi) is 8.68. The zero-order valence-electron chi connectivity index (χ0n) is 3.97. The van der Waals surface area contributed by atoms with Gasteiger partial charge in [0.25, 0.3) is 0 Å². The van der Waals surface area contributed by atoms with Crippen molar-refractivity contribution in [3.05, 3.63) is 0 Å². The number of rotatable bonds is 1. The van der Waals surface area contributed by atoms with Crippen LogP contribution < -0.4 is 0 Å². The van der Waals surface area contributed by atoms with E-state index >= 15 is 0 Å². The van der Waals surface area contributed by atoms with E-state index in [0.717, 1.165) is 6.29 Å². The largest absolute Gasteiger partial charge is 0.303 e. The van der Waals surface area contributed by atoms with Gasteiger partial charge in [0.05, 0.1) is 0 Å². The Labute approximate surface area is 55.1 Å². The molecule has 0 aliphatic rings. The van der Waals surface area contributed by atoms with Gasteiger partial charge in [0, 0.05) is 5.92 Å². The average Bonchev–Trinajstić information content (AvgIpc) is 1.38. The maximum atomic E-state index is 9.50. The summed E-state index contributed by atoms with van der Waals surface area (Å²) in [7, 11) is 0. The van der Waals surface area contributed by atoms with Crippen molar-refractivity contribution in [3.8, 4) is 0 Å². The molecule has 0 aromatic heterocycles. The van der Waals surface area contributed by atoms with Crippen LogP contribution >= 0.6 is 24.0 Å². The first-order chi connectivity index (χ1) is 2.27. The summed E-state index contributed by atoms with van der Waals surface area (Å²) >= 11 is 0. The second kappa shape index (κ2) is 5.40. The van der Waals surface area contributed by atoms with Crippen molar-refractivity contribution in [1.29, 1.82) is 0 Å². The first kappa shape index (κ1) is 9.64. The molecule has 0 spiro atoms. The molecule has 0 radical (unpaired) electrons. The van der Waals surface area contributed by atoms with E-state index in [1.54, 1.807) is 0 Å². The number of carbonyl (C=O) groups excluding carboxylic acids is 1. The van der Waals surface area contributed by atoms with Crippen molar-refractivity contribution < 1.29 is 4.79 Å². The first-order valence-electron chi connectivity index (χ1n) is 1.72. The first-order valence-corrected chi connectivity index (χ1v) is 1.72. The fraction of sp³-hybridized carbons (Fsp3) is 0.750. The standard InChI is InChI=1S/C4H8O.HI/c1-4(2)3-5;/h3-4H,1-2H3;1H. The van der Waals surface area contributed by atoms with Crippen molar-refractivity contribution >= 4 is 30.3 Å². The van der Waals surface area contributed by atoms with Crippen LogP contribution in [0.15, 0.2) is 0 Å². The Morgan fingerprint density at radius 1 is 1.50 bits per heavy atom. The lowest BCUT2D eigenvalue weighted by molar-refractivity contribution is -0.110. The van der Waals surface area contributed by atoms with Crippen molar-refractivity contribution in [2.75, 3.05) is 0 Å². The summed E-state index contributed by atoms with van der Waals surface area (Å²) in [6, 6.07) is 0. The predicted octanol–water partition coefficient (Wildman–Crippen LogP) is 1.46. The van der Waals surface area contributed by atoms with E-state index in [1.165, 1.54) is 0 Å². The van der Waals surface area contributed by atoms with Crippen molar-refractivity contribution in [3.63, 3.8) is 0 Å². The van der Waals surface area contributed by atoms with Gasteiger partial charge in [-0.3, -0.25) is 0 Å². The van der Waals surface area contributed by atoms with Gasteiger partial charge in [-0.15, -0.1) is 24.0 Å². The smallest absolute Gasteiger partial charge is 0.122 e. The molecule has 0 aliphatic carbocycles. The highest BCUT2D eigenvalue weighted by Crippen LogP contribution is 1.78. The van der Waals surface area contributed by atoms with Gasteiger partial charge >= 0.3 is 0 Å². The topological polar surface area (TPSA) is 17.1 Å². The lowest BCUT2D eigenvalue weighted by Gasteiger charge is -1.78. The fourth-order valence-electron chi connectivity index (χ4n) is 0. The Bertz CT molecular complexity index is 34.5. The minimum absolute atomic E-state index is 0. The quantitative estimate of drug-likeness (QED) is 0.462. The molecular formula is C4H9IO. The molecule has 0 saturated carbocycles. The van der Waals surface area contributed by atoms with Crippen LogP contribution in [0.4, 0.5) is 0 Å².